The summed E-state index contributed by atoms with van der Waals surface area (Å²) in [6.45, 7) is 0. The molecule has 0 saturated heterocycles. The number of phenolic OH excluding ortho intramolecular Hbond substituents is 1. The van der Waals surface area contributed by atoms with Crippen LogP contribution in [0.3, 0.4) is 0 Å². The van der Waals surface area contributed by atoms with Gasteiger partial charge in [-0.05, 0) is 30.3 Å². The smallest absolute Gasteiger partial charge is 0.278 e. The van der Waals surface area contributed by atoms with Crippen LogP contribution in [0.4, 0.5) is 0 Å². The molecule has 4 aromatic rings. The summed E-state index contributed by atoms with van der Waals surface area (Å²) in [4.78, 5) is 16.9. The SMILES string of the molecule is O=C(c1ccncc1)n1nc(-c2ccccc2)cc1-c1ccccc1O. The van der Waals surface area contributed by atoms with Gasteiger partial charge in [0.25, 0.3) is 5.91 Å². The van der Waals surface area contributed by atoms with Crippen LogP contribution in [0, 0.1) is 0 Å². The maximum absolute atomic E-state index is 13.0. The van der Waals surface area contributed by atoms with Crippen molar-refractivity contribution in [1.29, 1.82) is 0 Å². The Morgan fingerprint density at radius 3 is 2.31 bits per heavy atom. The van der Waals surface area contributed by atoms with E-state index in [4.69, 9.17) is 0 Å². The second kappa shape index (κ2) is 6.64. The number of hydrogen-bond acceptors (Lipinski definition) is 4. The van der Waals surface area contributed by atoms with Gasteiger partial charge in [-0.2, -0.15) is 9.78 Å². The van der Waals surface area contributed by atoms with Crippen molar-refractivity contribution in [3.63, 3.8) is 0 Å². The Labute approximate surface area is 150 Å². The molecule has 2 aromatic carbocycles. The van der Waals surface area contributed by atoms with Gasteiger partial charge in [0.2, 0.25) is 0 Å². The topological polar surface area (TPSA) is 68.0 Å². The van der Waals surface area contributed by atoms with Gasteiger partial charge >= 0.3 is 0 Å². The molecule has 1 N–H and O–H groups in total. The highest BCUT2D eigenvalue weighted by Crippen LogP contribution is 2.32. The predicted octanol–water partition coefficient (Wildman–Crippen LogP) is 4.01. The van der Waals surface area contributed by atoms with Gasteiger partial charge in [0, 0.05) is 29.1 Å². The Bertz CT molecular complexity index is 1060. The van der Waals surface area contributed by atoms with Crippen LogP contribution in [0.15, 0.2) is 85.2 Å². The third-order valence-corrected chi connectivity index (χ3v) is 4.08. The molecule has 126 valence electrons. The Hall–Kier alpha value is -3.73. The molecule has 0 unspecified atom stereocenters. The molecule has 5 nitrogen and oxygen atoms in total. The summed E-state index contributed by atoms with van der Waals surface area (Å²) in [5.74, 6) is -0.191. The van der Waals surface area contributed by atoms with Gasteiger partial charge in [-0.3, -0.25) is 9.78 Å². The monoisotopic (exact) mass is 341 g/mol. The van der Waals surface area contributed by atoms with Crippen molar-refractivity contribution < 1.29 is 9.90 Å². The first-order chi connectivity index (χ1) is 12.7. The van der Waals surface area contributed by atoms with Gasteiger partial charge in [-0.1, -0.05) is 42.5 Å². The Morgan fingerprint density at radius 2 is 1.58 bits per heavy atom. The number of carbonyl (C=O) groups is 1. The molecule has 0 spiro atoms. The maximum atomic E-state index is 13.0. The van der Waals surface area contributed by atoms with Gasteiger partial charge in [0.1, 0.15) is 5.75 Å². The van der Waals surface area contributed by atoms with Crippen LogP contribution in [0.25, 0.3) is 22.5 Å². The third kappa shape index (κ3) is 2.86. The lowest BCUT2D eigenvalue weighted by atomic mass is 10.1. The molecule has 0 atom stereocenters. The second-order valence-electron chi connectivity index (χ2n) is 5.75. The van der Waals surface area contributed by atoms with Crippen molar-refractivity contribution >= 4 is 5.91 Å². The van der Waals surface area contributed by atoms with E-state index in [-0.39, 0.29) is 11.7 Å². The highest BCUT2D eigenvalue weighted by Gasteiger charge is 2.19. The summed E-state index contributed by atoms with van der Waals surface area (Å²) in [6.07, 6.45) is 3.13. The summed E-state index contributed by atoms with van der Waals surface area (Å²) in [5.41, 5.74) is 3.10. The molecular formula is C21H15N3O2. The molecule has 0 saturated carbocycles. The molecule has 0 radical (unpaired) electrons. The normalized spacial score (nSPS) is 10.6. The van der Waals surface area contributed by atoms with E-state index in [0.717, 1.165) is 5.56 Å². The lowest BCUT2D eigenvalue weighted by molar-refractivity contribution is 0.0947. The van der Waals surface area contributed by atoms with Crippen LogP contribution >= 0.6 is 0 Å². The summed E-state index contributed by atoms with van der Waals surface area (Å²) < 4.78 is 1.33. The Kier molecular flexibility index (Phi) is 4.03. The standard InChI is InChI=1S/C21H15N3O2/c25-20-9-5-4-8-17(20)19-14-18(15-6-2-1-3-7-15)23-24(19)21(26)16-10-12-22-13-11-16/h1-14,25H. The van der Waals surface area contributed by atoms with Crippen LogP contribution in [-0.2, 0) is 0 Å². The van der Waals surface area contributed by atoms with Crippen LogP contribution in [0.5, 0.6) is 5.75 Å². The number of phenols is 1. The molecule has 4 rings (SSSR count). The fourth-order valence-corrected chi connectivity index (χ4v) is 2.78. The minimum absolute atomic E-state index is 0.0933. The zero-order chi connectivity index (χ0) is 17.9. The number of benzene rings is 2. The third-order valence-electron chi connectivity index (χ3n) is 4.08. The quantitative estimate of drug-likeness (QED) is 0.611. The van der Waals surface area contributed by atoms with Crippen LogP contribution in [0.1, 0.15) is 10.4 Å². The molecular weight excluding hydrogens is 326 g/mol. The molecule has 0 bridgehead atoms. The average Bonchev–Trinajstić information content (AvgIpc) is 3.14. The van der Waals surface area contributed by atoms with Crippen molar-refractivity contribution in [3.05, 3.63) is 90.8 Å². The first-order valence-electron chi connectivity index (χ1n) is 8.12. The molecule has 2 aromatic heterocycles. The average molecular weight is 341 g/mol. The van der Waals surface area contributed by atoms with E-state index in [1.807, 2.05) is 42.5 Å². The van der Waals surface area contributed by atoms with Gasteiger partial charge in [-0.25, -0.2) is 0 Å². The van der Waals surface area contributed by atoms with Crippen molar-refractivity contribution in [1.82, 2.24) is 14.8 Å². The van der Waals surface area contributed by atoms with E-state index in [2.05, 4.69) is 10.1 Å². The van der Waals surface area contributed by atoms with E-state index in [0.29, 0.717) is 22.5 Å². The van der Waals surface area contributed by atoms with Crippen molar-refractivity contribution in [2.24, 2.45) is 0 Å². The largest absolute Gasteiger partial charge is 0.507 e. The molecule has 0 amide bonds. The molecule has 0 aliphatic rings. The molecule has 0 aliphatic heterocycles. The number of para-hydroxylation sites is 1. The molecule has 2 heterocycles. The van der Waals surface area contributed by atoms with E-state index < -0.39 is 0 Å². The number of hydrogen-bond donors (Lipinski definition) is 1. The highest BCUT2D eigenvalue weighted by atomic mass is 16.3. The summed E-state index contributed by atoms with van der Waals surface area (Å²) >= 11 is 0. The minimum atomic E-state index is -0.284. The maximum Gasteiger partial charge on any atom is 0.278 e. The first-order valence-corrected chi connectivity index (χ1v) is 8.12. The number of aromatic hydroxyl groups is 1. The Morgan fingerprint density at radius 1 is 0.885 bits per heavy atom. The first kappa shape index (κ1) is 15.8. The fraction of sp³-hybridized carbons (Fsp3) is 0. The van der Waals surface area contributed by atoms with Gasteiger partial charge in [0.15, 0.2) is 0 Å². The second-order valence-corrected chi connectivity index (χ2v) is 5.75. The number of pyridine rings is 1. The zero-order valence-corrected chi connectivity index (χ0v) is 13.8. The lowest BCUT2D eigenvalue weighted by Gasteiger charge is -2.07. The van der Waals surface area contributed by atoms with E-state index >= 15 is 0 Å². The zero-order valence-electron chi connectivity index (χ0n) is 13.8. The fourth-order valence-electron chi connectivity index (χ4n) is 2.78. The van der Waals surface area contributed by atoms with Crippen molar-refractivity contribution in [2.45, 2.75) is 0 Å². The van der Waals surface area contributed by atoms with Crippen LogP contribution in [-0.4, -0.2) is 25.8 Å². The van der Waals surface area contributed by atoms with Crippen LogP contribution < -0.4 is 0 Å². The van der Waals surface area contributed by atoms with Crippen molar-refractivity contribution in [3.8, 4) is 28.3 Å². The summed E-state index contributed by atoms with van der Waals surface area (Å²) in [7, 11) is 0. The van der Waals surface area contributed by atoms with Crippen LogP contribution in [0.2, 0.25) is 0 Å². The molecule has 0 fully saturated rings. The number of carbonyl (C=O) groups excluding carboxylic acids is 1. The van der Waals surface area contributed by atoms with Gasteiger partial charge < -0.3 is 5.11 Å². The number of nitrogens with zero attached hydrogens (tertiary/aromatic N) is 3. The predicted molar refractivity (Wildman–Crippen MR) is 98.7 cm³/mol. The number of rotatable bonds is 3. The highest BCUT2D eigenvalue weighted by molar-refractivity contribution is 5.98. The summed E-state index contributed by atoms with van der Waals surface area (Å²) in [6, 6.07) is 21.6. The summed E-state index contributed by atoms with van der Waals surface area (Å²) in [5, 5.41) is 14.8. The lowest BCUT2D eigenvalue weighted by Crippen LogP contribution is -2.15. The molecule has 5 heteroatoms. The van der Waals surface area contributed by atoms with E-state index in [1.54, 1.807) is 42.7 Å². The van der Waals surface area contributed by atoms with Crippen molar-refractivity contribution in [2.75, 3.05) is 0 Å². The van der Waals surface area contributed by atoms with E-state index in [1.165, 1.54) is 4.68 Å². The molecule has 26 heavy (non-hydrogen) atoms. The molecule has 0 aliphatic carbocycles. The number of aromatic nitrogens is 3. The Balaban J connectivity index is 1.90. The van der Waals surface area contributed by atoms with Gasteiger partial charge in [-0.15, -0.1) is 0 Å². The van der Waals surface area contributed by atoms with E-state index in [9.17, 15) is 9.90 Å². The minimum Gasteiger partial charge on any atom is -0.507 e. The van der Waals surface area contributed by atoms with Gasteiger partial charge in [0.05, 0.1) is 11.4 Å².